The van der Waals surface area contributed by atoms with E-state index in [4.69, 9.17) is 10.5 Å². The van der Waals surface area contributed by atoms with Gasteiger partial charge >= 0.3 is 0 Å². The van der Waals surface area contributed by atoms with Crippen molar-refractivity contribution in [3.8, 4) is 11.4 Å². The number of anilines is 1. The quantitative estimate of drug-likeness (QED) is 0.903. The molecule has 0 spiro atoms. The van der Waals surface area contributed by atoms with Crippen LogP contribution in [-0.2, 0) is 12.8 Å². The predicted molar refractivity (Wildman–Crippen MR) is 71.1 cm³/mol. The average molecular weight is 261 g/mol. The van der Waals surface area contributed by atoms with Crippen molar-refractivity contribution in [2.45, 2.75) is 25.7 Å². The van der Waals surface area contributed by atoms with Crippen molar-refractivity contribution >= 4 is 5.82 Å². The number of aromatic nitrogens is 2. The minimum atomic E-state index is -0.323. The molecule has 0 unspecified atom stereocenters. The normalized spacial score (nSPS) is 14.2. The SMILES string of the molecule is COc1ccc(F)c(-n2nc(N)c3c2CCCC3)c1. The minimum Gasteiger partial charge on any atom is -0.497 e. The van der Waals surface area contributed by atoms with E-state index in [-0.39, 0.29) is 5.82 Å². The van der Waals surface area contributed by atoms with Crippen LogP contribution in [0.15, 0.2) is 18.2 Å². The van der Waals surface area contributed by atoms with Crippen LogP contribution in [0.4, 0.5) is 10.2 Å². The van der Waals surface area contributed by atoms with Crippen LogP contribution in [0, 0.1) is 5.82 Å². The summed E-state index contributed by atoms with van der Waals surface area (Å²) in [6.45, 7) is 0. The van der Waals surface area contributed by atoms with Crippen LogP contribution in [0.1, 0.15) is 24.1 Å². The van der Waals surface area contributed by atoms with Gasteiger partial charge in [-0.1, -0.05) is 0 Å². The second-order valence-electron chi connectivity index (χ2n) is 4.75. The fourth-order valence-corrected chi connectivity index (χ4v) is 2.61. The second kappa shape index (κ2) is 4.57. The third kappa shape index (κ3) is 1.95. The molecule has 19 heavy (non-hydrogen) atoms. The first-order valence-electron chi connectivity index (χ1n) is 6.41. The molecule has 0 fully saturated rings. The highest BCUT2D eigenvalue weighted by molar-refractivity contribution is 5.50. The summed E-state index contributed by atoms with van der Waals surface area (Å²) in [6.07, 6.45) is 4.01. The Kier molecular flexibility index (Phi) is 2.89. The number of ether oxygens (including phenoxy) is 1. The lowest BCUT2D eigenvalue weighted by atomic mass is 9.97. The molecule has 100 valence electrons. The maximum Gasteiger partial charge on any atom is 0.149 e. The maximum absolute atomic E-state index is 14.0. The summed E-state index contributed by atoms with van der Waals surface area (Å²) in [7, 11) is 1.56. The summed E-state index contributed by atoms with van der Waals surface area (Å²) in [5.74, 6) is 0.795. The summed E-state index contributed by atoms with van der Waals surface area (Å²) in [5, 5.41) is 4.30. The zero-order valence-corrected chi connectivity index (χ0v) is 10.8. The van der Waals surface area contributed by atoms with Crippen LogP contribution in [0.3, 0.4) is 0 Å². The standard InChI is InChI=1S/C14H16FN3O/c1-19-9-6-7-11(15)13(8-9)18-12-5-3-2-4-10(12)14(16)17-18/h6-8H,2-5H2,1H3,(H2,16,17). The Morgan fingerprint density at radius 2 is 2.11 bits per heavy atom. The third-order valence-electron chi connectivity index (χ3n) is 3.59. The molecule has 1 heterocycles. The van der Waals surface area contributed by atoms with Gasteiger partial charge in [-0.3, -0.25) is 0 Å². The van der Waals surface area contributed by atoms with E-state index in [0.717, 1.165) is 36.9 Å². The van der Waals surface area contributed by atoms with Crippen LogP contribution in [0.2, 0.25) is 0 Å². The van der Waals surface area contributed by atoms with Crippen molar-refractivity contribution < 1.29 is 9.13 Å². The highest BCUT2D eigenvalue weighted by Crippen LogP contribution is 2.30. The number of nitrogens with zero attached hydrogens (tertiary/aromatic N) is 2. The Bertz CT molecular complexity index is 621. The van der Waals surface area contributed by atoms with Crippen LogP contribution in [-0.4, -0.2) is 16.9 Å². The number of fused-ring (bicyclic) bond motifs is 1. The molecule has 0 aliphatic heterocycles. The van der Waals surface area contributed by atoms with Crippen molar-refractivity contribution in [2.75, 3.05) is 12.8 Å². The molecule has 0 bridgehead atoms. The summed E-state index contributed by atoms with van der Waals surface area (Å²) in [5.41, 5.74) is 8.42. The smallest absolute Gasteiger partial charge is 0.149 e. The lowest BCUT2D eigenvalue weighted by molar-refractivity contribution is 0.413. The Morgan fingerprint density at radius 1 is 1.32 bits per heavy atom. The van der Waals surface area contributed by atoms with Crippen LogP contribution in [0.5, 0.6) is 5.75 Å². The largest absolute Gasteiger partial charge is 0.497 e. The molecule has 4 nitrogen and oxygen atoms in total. The zero-order chi connectivity index (χ0) is 13.4. The molecule has 1 aromatic heterocycles. The number of hydrogen-bond acceptors (Lipinski definition) is 3. The Hall–Kier alpha value is -2.04. The zero-order valence-electron chi connectivity index (χ0n) is 10.8. The van der Waals surface area contributed by atoms with E-state index in [1.165, 1.54) is 6.07 Å². The van der Waals surface area contributed by atoms with E-state index in [0.29, 0.717) is 17.3 Å². The first-order valence-corrected chi connectivity index (χ1v) is 6.41. The first kappa shape index (κ1) is 12.0. The summed E-state index contributed by atoms with van der Waals surface area (Å²) < 4.78 is 20.8. The van der Waals surface area contributed by atoms with Gasteiger partial charge in [-0.05, 0) is 37.8 Å². The van der Waals surface area contributed by atoms with Gasteiger partial charge in [0.25, 0.3) is 0 Å². The molecule has 2 N–H and O–H groups in total. The van der Waals surface area contributed by atoms with Gasteiger partial charge < -0.3 is 10.5 Å². The van der Waals surface area contributed by atoms with Gasteiger partial charge in [0.1, 0.15) is 23.1 Å². The van der Waals surface area contributed by atoms with E-state index < -0.39 is 0 Å². The Balaban J connectivity index is 2.17. The van der Waals surface area contributed by atoms with E-state index in [1.807, 2.05) is 0 Å². The van der Waals surface area contributed by atoms with Gasteiger partial charge in [0.05, 0.1) is 7.11 Å². The molecular weight excluding hydrogens is 245 g/mol. The van der Waals surface area contributed by atoms with E-state index in [1.54, 1.807) is 23.9 Å². The number of nitrogen functional groups attached to an aromatic ring is 1. The minimum absolute atomic E-state index is 0.323. The van der Waals surface area contributed by atoms with E-state index in [2.05, 4.69) is 5.10 Å². The molecule has 3 rings (SSSR count). The van der Waals surface area contributed by atoms with Crippen molar-refractivity contribution in [3.63, 3.8) is 0 Å². The van der Waals surface area contributed by atoms with Gasteiger partial charge in [-0.2, -0.15) is 5.10 Å². The van der Waals surface area contributed by atoms with Crippen LogP contribution in [0.25, 0.3) is 5.69 Å². The first-order chi connectivity index (χ1) is 9.20. The fraction of sp³-hybridized carbons (Fsp3) is 0.357. The summed E-state index contributed by atoms with van der Waals surface area (Å²) in [6, 6.07) is 4.63. The molecule has 1 aromatic carbocycles. The van der Waals surface area contributed by atoms with Crippen LogP contribution >= 0.6 is 0 Å². The van der Waals surface area contributed by atoms with Crippen molar-refractivity contribution in [1.82, 2.24) is 9.78 Å². The lowest BCUT2D eigenvalue weighted by Gasteiger charge is -2.14. The number of halogens is 1. The predicted octanol–water partition coefficient (Wildman–Crippen LogP) is 2.48. The monoisotopic (exact) mass is 261 g/mol. The Labute approximate surface area is 111 Å². The highest BCUT2D eigenvalue weighted by atomic mass is 19.1. The maximum atomic E-state index is 14.0. The molecule has 5 heteroatoms. The molecular formula is C14H16FN3O. The van der Waals surface area contributed by atoms with Gasteiger partial charge in [-0.25, -0.2) is 9.07 Å². The summed E-state index contributed by atoms with van der Waals surface area (Å²) in [4.78, 5) is 0. The number of benzene rings is 1. The van der Waals surface area contributed by atoms with E-state index in [9.17, 15) is 4.39 Å². The number of rotatable bonds is 2. The molecule has 0 saturated carbocycles. The van der Waals surface area contributed by atoms with Crippen molar-refractivity contribution in [1.29, 1.82) is 0 Å². The highest BCUT2D eigenvalue weighted by Gasteiger charge is 2.21. The molecule has 0 radical (unpaired) electrons. The van der Waals surface area contributed by atoms with Crippen molar-refractivity contribution in [2.24, 2.45) is 0 Å². The summed E-state index contributed by atoms with van der Waals surface area (Å²) >= 11 is 0. The lowest BCUT2D eigenvalue weighted by Crippen LogP contribution is -2.09. The van der Waals surface area contributed by atoms with Gasteiger partial charge in [-0.15, -0.1) is 0 Å². The molecule has 2 aromatic rings. The molecule has 1 aliphatic rings. The van der Waals surface area contributed by atoms with Gasteiger partial charge in [0, 0.05) is 17.3 Å². The second-order valence-corrected chi connectivity index (χ2v) is 4.75. The third-order valence-corrected chi connectivity index (χ3v) is 3.59. The molecule has 0 amide bonds. The van der Waals surface area contributed by atoms with Crippen molar-refractivity contribution in [3.05, 3.63) is 35.3 Å². The number of methoxy groups -OCH3 is 1. The fourth-order valence-electron chi connectivity index (χ4n) is 2.61. The molecule has 0 atom stereocenters. The topological polar surface area (TPSA) is 53.1 Å². The molecule has 1 aliphatic carbocycles. The van der Waals surface area contributed by atoms with Crippen LogP contribution < -0.4 is 10.5 Å². The average Bonchev–Trinajstić information content (AvgIpc) is 2.77. The van der Waals surface area contributed by atoms with E-state index >= 15 is 0 Å². The Morgan fingerprint density at radius 3 is 2.89 bits per heavy atom. The van der Waals surface area contributed by atoms with Gasteiger partial charge in [0.15, 0.2) is 0 Å². The molecule has 0 saturated heterocycles. The number of nitrogens with two attached hydrogens (primary N) is 1. The number of hydrogen-bond donors (Lipinski definition) is 1. The van der Waals surface area contributed by atoms with Gasteiger partial charge in [0.2, 0.25) is 0 Å².